The molecule has 0 saturated heterocycles. The molecule has 1 unspecified atom stereocenters. The first-order chi connectivity index (χ1) is 5.36. The minimum atomic E-state index is 0.123. The number of fused-ring (bicyclic) bond motifs is 5. The molecule has 0 aliphatic heterocycles. The second-order valence-corrected chi connectivity index (χ2v) is 5.18. The van der Waals surface area contributed by atoms with Gasteiger partial charge in [-0.3, -0.25) is 0 Å². The molecule has 4 saturated carbocycles. The molecule has 7 atom stereocenters. The van der Waals surface area contributed by atoms with E-state index in [1.54, 1.807) is 0 Å². The van der Waals surface area contributed by atoms with Crippen LogP contribution in [0.3, 0.4) is 0 Å². The fraction of sp³-hybridized carbons (Fsp3) is 1.00. The van der Waals surface area contributed by atoms with E-state index in [-0.39, 0.29) is 6.10 Å². The summed E-state index contributed by atoms with van der Waals surface area (Å²) in [6.45, 7) is 0. The van der Waals surface area contributed by atoms with Gasteiger partial charge in [0.2, 0.25) is 0 Å². The SMILES string of the molecule is OC1[C@@H]2C[C@@H]2[C@@H]2C[C@@H]2[C@@H]2C[C@@H]12. The zero-order chi connectivity index (χ0) is 7.16. The zero-order valence-electron chi connectivity index (χ0n) is 6.61. The second kappa shape index (κ2) is 1.39. The Hall–Kier alpha value is -0.0400. The first kappa shape index (κ1) is 5.58. The van der Waals surface area contributed by atoms with Crippen LogP contribution < -0.4 is 0 Å². The van der Waals surface area contributed by atoms with E-state index in [0.717, 1.165) is 35.5 Å². The number of aliphatic hydroxyl groups is 1. The summed E-state index contributed by atoms with van der Waals surface area (Å²) in [4.78, 5) is 0. The number of rotatable bonds is 0. The topological polar surface area (TPSA) is 20.2 Å². The van der Waals surface area contributed by atoms with Gasteiger partial charge in [0.25, 0.3) is 0 Å². The van der Waals surface area contributed by atoms with E-state index < -0.39 is 0 Å². The molecule has 1 nitrogen and oxygen atoms in total. The average Bonchev–Trinajstić information content (AvgIpc) is 2.81. The number of hydrogen-bond donors (Lipinski definition) is 1. The molecule has 0 radical (unpaired) electrons. The van der Waals surface area contributed by atoms with Gasteiger partial charge in [-0.25, -0.2) is 0 Å². The van der Waals surface area contributed by atoms with Gasteiger partial charge in [-0.2, -0.15) is 0 Å². The van der Waals surface area contributed by atoms with E-state index >= 15 is 0 Å². The Morgan fingerprint density at radius 2 is 1.00 bits per heavy atom. The summed E-state index contributed by atoms with van der Waals surface area (Å²) in [5.41, 5.74) is 0. The molecule has 0 aromatic rings. The summed E-state index contributed by atoms with van der Waals surface area (Å²) >= 11 is 0. The van der Waals surface area contributed by atoms with E-state index in [2.05, 4.69) is 0 Å². The molecule has 1 N–H and O–H groups in total. The Morgan fingerprint density at radius 1 is 0.636 bits per heavy atom. The van der Waals surface area contributed by atoms with Gasteiger partial charge in [0.1, 0.15) is 0 Å². The largest absolute Gasteiger partial charge is 0.393 e. The third kappa shape index (κ3) is 0.547. The lowest BCUT2D eigenvalue weighted by Crippen LogP contribution is -2.13. The van der Waals surface area contributed by atoms with Crippen LogP contribution in [0.25, 0.3) is 0 Å². The van der Waals surface area contributed by atoms with Gasteiger partial charge in [-0.1, -0.05) is 0 Å². The molecule has 4 fully saturated rings. The normalized spacial score (nSPS) is 70.6. The predicted molar refractivity (Wildman–Crippen MR) is 40.8 cm³/mol. The molecule has 0 amide bonds. The lowest BCUT2D eigenvalue weighted by molar-refractivity contribution is 0.118. The Labute approximate surface area is 66.8 Å². The quantitative estimate of drug-likeness (QED) is 0.551. The molecule has 0 bridgehead atoms. The fourth-order valence-corrected chi connectivity index (χ4v) is 3.78. The summed E-state index contributed by atoms with van der Waals surface area (Å²) in [5.74, 6) is 5.61. The van der Waals surface area contributed by atoms with Gasteiger partial charge in [-0.05, 0) is 54.8 Å². The lowest BCUT2D eigenvalue weighted by atomic mass is 10.1. The summed E-state index contributed by atoms with van der Waals surface area (Å²) < 4.78 is 0. The molecule has 4 aliphatic carbocycles. The van der Waals surface area contributed by atoms with Crippen molar-refractivity contribution in [2.24, 2.45) is 35.5 Å². The van der Waals surface area contributed by atoms with Crippen molar-refractivity contribution < 1.29 is 5.11 Å². The molecule has 11 heavy (non-hydrogen) atoms. The highest BCUT2D eigenvalue weighted by atomic mass is 16.3. The van der Waals surface area contributed by atoms with Crippen molar-refractivity contribution in [1.82, 2.24) is 0 Å². The van der Waals surface area contributed by atoms with E-state index in [1.807, 2.05) is 0 Å². The molecular weight excluding hydrogens is 136 g/mol. The van der Waals surface area contributed by atoms with E-state index in [4.69, 9.17) is 0 Å². The van der Waals surface area contributed by atoms with Crippen molar-refractivity contribution >= 4 is 0 Å². The van der Waals surface area contributed by atoms with E-state index in [1.165, 1.54) is 19.3 Å². The third-order valence-electron chi connectivity index (χ3n) is 4.65. The summed E-state index contributed by atoms with van der Waals surface area (Å²) in [6, 6.07) is 0. The number of aliphatic hydroxyl groups excluding tert-OH is 1. The molecule has 4 rings (SSSR count). The van der Waals surface area contributed by atoms with Gasteiger partial charge < -0.3 is 5.11 Å². The molecular formula is C10H14O. The van der Waals surface area contributed by atoms with Gasteiger partial charge in [0.05, 0.1) is 6.10 Å². The molecule has 1 heteroatoms. The van der Waals surface area contributed by atoms with Crippen LogP contribution in [0.2, 0.25) is 0 Å². The minimum absolute atomic E-state index is 0.123. The minimum Gasteiger partial charge on any atom is -0.393 e. The van der Waals surface area contributed by atoms with Gasteiger partial charge >= 0.3 is 0 Å². The molecule has 0 heterocycles. The average molecular weight is 150 g/mol. The molecule has 4 aliphatic rings. The van der Waals surface area contributed by atoms with E-state index in [9.17, 15) is 5.11 Å². The van der Waals surface area contributed by atoms with E-state index in [0.29, 0.717) is 0 Å². The van der Waals surface area contributed by atoms with Crippen LogP contribution in [0.1, 0.15) is 19.3 Å². The maximum absolute atomic E-state index is 9.85. The van der Waals surface area contributed by atoms with Crippen molar-refractivity contribution in [2.75, 3.05) is 0 Å². The Balaban J connectivity index is 1.72. The maximum Gasteiger partial charge on any atom is 0.0602 e. The van der Waals surface area contributed by atoms with Gasteiger partial charge in [-0.15, -0.1) is 0 Å². The van der Waals surface area contributed by atoms with Gasteiger partial charge in [0, 0.05) is 0 Å². The summed E-state index contributed by atoms with van der Waals surface area (Å²) in [7, 11) is 0. The van der Waals surface area contributed by atoms with Crippen LogP contribution in [0.4, 0.5) is 0 Å². The highest BCUT2D eigenvalue weighted by Gasteiger charge is 2.68. The first-order valence-electron chi connectivity index (χ1n) is 5.04. The standard InChI is InChI=1S/C10H14O/c11-10-8-2-6(8)4-1-5(4)7-3-9(7)10/h4-11H,1-3H2/t4-,5+,6-,7+,8-,9-,10?/m1/s1. The summed E-state index contributed by atoms with van der Waals surface area (Å²) in [5, 5.41) is 9.85. The summed E-state index contributed by atoms with van der Waals surface area (Å²) in [6.07, 6.45) is 4.38. The lowest BCUT2D eigenvalue weighted by Gasteiger charge is -2.06. The first-order valence-corrected chi connectivity index (χ1v) is 5.04. The highest BCUT2D eigenvalue weighted by molar-refractivity contribution is 5.16. The Kier molecular flexibility index (Phi) is 0.706. The monoisotopic (exact) mass is 150 g/mol. The Morgan fingerprint density at radius 3 is 1.55 bits per heavy atom. The van der Waals surface area contributed by atoms with Crippen LogP contribution in [-0.2, 0) is 0 Å². The van der Waals surface area contributed by atoms with Crippen molar-refractivity contribution in [3.63, 3.8) is 0 Å². The fourth-order valence-electron chi connectivity index (χ4n) is 3.78. The van der Waals surface area contributed by atoms with Crippen molar-refractivity contribution in [3.8, 4) is 0 Å². The second-order valence-electron chi connectivity index (χ2n) is 5.18. The number of hydrogen-bond acceptors (Lipinski definition) is 1. The van der Waals surface area contributed by atoms with Crippen molar-refractivity contribution in [2.45, 2.75) is 25.4 Å². The van der Waals surface area contributed by atoms with Crippen LogP contribution in [0.5, 0.6) is 0 Å². The molecule has 60 valence electrons. The molecule has 0 aromatic heterocycles. The zero-order valence-corrected chi connectivity index (χ0v) is 6.61. The van der Waals surface area contributed by atoms with Crippen molar-refractivity contribution in [1.29, 1.82) is 0 Å². The van der Waals surface area contributed by atoms with Crippen LogP contribution in [0.15, 0.2) is 0 Å². The Bertz CT molecular complexity index is 199. The highest BCUT2D eigenvalue weighted by Crippen LogP contribution is 2.72. The van der Waals surface area contributed by atoms with Crippen LogP contribution in [0, 0.1) is 35.5 Å². The maximum atomic E-state index is 9.85. The van der Waals surface area contributed by atoms with Crippen molar-refractivity contribution in [3.05, 3.63) is 0 Å². The van der Waals surface area contributed by atoms with Gasteiger partial charge in [0.15, 0.2) is 0 Å². The smallest absolute Gasteiger partial charge is 0.0602 e. The van der Waals surface area contributed by atoms with Crippen LogP contribution in [-0.4, -0.2) is 11.2 Å². The third-order valence-corrected chi connectivity index (χ3v) is 4.65. The molecule has 0 aromatic carbocycles. The predicted octanol–water partition coefficient (Wildman–Crippen LogP) is 1.27. The molecule has 0 spiro atoms. The van der Waals surface area contributed by atoms with Crippen LogP contribution >= 0.6 is 0 Å².